The number of alkyl halides is 3. The lowest BCUT2D eigenvalue weighted by Gasteiger charge is -2.24. The van der Waals surface area contributed by atoms with Crippen LogP contribution in [0.25, 0.3) is 0 Å². The fourth-order valence-electron chi connectivity index (χ4n) is 2.05. The van der Waals surface area contributed by atoms with Crippen LogP contribution in [0.4, 0.5) is 13.2 Å². The molecule has 1 unspecified atom stereocenters. The maximum atomic E-state index is 12.8. The Balaban J connectivity index is 3.17. The summed E-state index contributed by atoms with van der Waals surface area (Å²) in [5.41, 5.74) is 0.406. The van der Waals surface area contributed by atoms with Crippen LogP contribution in [-0.2, 0) is 0 Å². The number of hydrogen-bond acceptors (Lipinski definition) is 3. The lowest BCUT2D eigenvalue weighted by molar-refractivity contribution is -0.140. The number of nitrogens with one attached hydrogen (secondary N) is 1. The van der Waals surface area contributed by atoms with E-state index in [9.17, 15) is 13.2 Å². The molecule has 0 fully saturated rings. The number of halogens is 3. The average Bonchev–Trinajstić information content (AvgIpc) is 2.41. The number of rotatable bonds is 7. The Bertz CT molecular complexity index is 399. The maximum Gasteiger partial charge on any atom is 0.390 e. The zero-order chi connectivity index (χ0) is 15.2. The third-order valence-corrected chi connectivity index (χ3v) is 2.89. The quantitative estimate of drug-likeness (QED) is 0.831. The van der Waals surface area contributed by atoms with Gasteiger partial charge in [-0.2, -0.15) is 13.2 Å². The predicted molar refractivity (Wildman–Crippen MR) is 71.3 cm³/mol. The van der Waals surface area contributed by atoms with E-state index >= 15 is 0 Å². The number of hydrogen-bond donors (Lipinski definition) is 1. The van der Waals surface area contributed by atoms with Crippen LogP contribution in [0.1, 0.15) is 31.4 Å². The molecule has 0 spiro atoms. The van der Waals surface area contributed by atoms with Crippen molar-refractivity contribution in [2.24, 2.45) is 0 Å². The van der Waals surface area contributed by atoms with Crippen LogP contribution < -0.4 is 14.8 Å². The standard InChI is InChI=1S/C14H20F3NO2/c1-4-8-18-10(9-14(15,16)17)13-11(19-2)6-5-7-12(13)20-3/h5-7,10,18H,4,8-9H2,1-3H3. The van der Waals surface area contributed by atoms with E-state index < -0.39 is 18.6 Å². The van der Waals surface area contributed by atoms with Crippen molar-refractivity contribution in [2.45, 2.75) is 32.0 Å². The molecule has 0 aliphatic heterocycles. The highest BCUT2D eigenvalue weighted by Crippen LogP contribution is 2.39. The van der Waals surface area contributed by atoms with E-state index in [2.05, 4.69) is 5.32 Å². The van der Waals surface area contributed by atoms with Gasteiger partial charge in [0.25, 0.3) is 0 Å². The van der Waals surface area contributed by atoms with Gasteiger partial charge in [-0.05, 0) is 25.1 Å². The number of benzene rings is 1. The van der Waals surface area contributed by atoms with Gasteiger partial charge in [-0.3, -0.25) is 0 Å². The van der Waals surface area contributed by atoms with E-state index in [1.54, 1.807) is 18.2 Å². The minimum atomic E-state index is -4.27. The molecule has 3 nitrogen and oxygen atoms in total. The first-order valence-corrected chi connectivity index (χ1v) is 6.44. The topological polar surface area (TPSA) is 30.5 Å². The summed E-state index contributed by atoms with van der Waals surface area (Å²) in [7, 11) is 2.87. The Morgan fingerprint density at radius 1 is 1.15 bits per heavy atom. The van der Waals surface area contributed by atoms with Crippen molar-refractivity contribution in [1.82, 2.24) is 5.32 Å². The van der Waals surface area contributed by atoms with Crippen molar-refractivity contribution >= 4 is 0 Å². The molecule has 0 heterocycles. The minimum absolute atomic E-state index is 0.391. The molecule has 1 aromatic carbocycles. The molecule has 0 bridgehead atoms. The third-order valence-electron chi connectivity index (χ3n) is 2.89. The largest absolute Gasteiger partial charge is 0.496 e. The second-order valence-corrected chi connectivity index (χ2v) is 4.40. The van der Waals surface area contributed by atoms with Gasteiger partial charge in [0.15, 0.2) is 0 Å². The second kappa shape index (κ2) is 7.38. The molecule has 0 aliphatic carbocycles. The van der Waals surface area contributed by atoms with Crippen molar-refractivity contribution < 1.29 is 22.6 Å². The van der Waals surface area contributed by atoms with Crippen molar-refractivity contribution in [1.29, 1.82) is 0 Å². The van der Waals surface area contributed by atoms with Crippen molar-refractivity contribution in [3.05, 3.63) is 23.8 Å². The zero-order valence-corrected chi connectivity index (χ0v) is 11.9. The molecule has 0 aromatic heterocycles. The van der Waals surface area contributed by atoms with Gasteiger partial charge < -0.3 is 14.8 Å². The molecule has 114 valence electrons. The molecule has 1 N–H and O–H groups in total. The molecular formula is C14H20F3NO2. The monoisotopic (exact) mass is 291 g/mol. The molecule has 0 amide bonds. The SMILES string of the molecule is CCCNC(CC(F)(F)F)c1c(OC)cccc1OC. The highest BCUT2D eigenvalue weighted by Gasteiger charge is 2.34. The first kappa shape index (κ1) is 16.6. The van der Waals surface area contributed by atoms with Gasteiger partial charge in [-0.25, -0.2) is 0 Å². The average molecular weight is 291 g/mol. The van der Waals surface area contributed by atoms with E-state index in [1.807, 2.05) is 6.92 Å². The van der Waals surface area contributed by atoms with E-state index in [4.69, 9.17) is 9.47 Å². The summed E-state index contributed by atoms with van der Waals surface area (Å²) in [6.45, 7) is 2.39. The van der Waals surface area contributed by atoms with E-state index in [0.717, 1.165) is 6.42 Å². The van der Waals surface area contributed by atoms with Gasteiger partial charge in [0, 0.05) is 6.04 Å². The zero-order valence-electron chi connectivity index (χ0n) is 11.9. The third kappa shape index (κ3) is 4.59. The summed E-state index contributed by atoms with van der Waals surface area (Å²) < 4.78 is 48.7. The van der Waals surface area contributed by atoms with Gasteiger partial charge in [0.2, 0.25) is 0 Å². The Hall–Kier alpha value is -1.43. The highest BCUT2D eigenvalue weighted by molar-refractivity contribution is 5.47. The highest BCUT2D eigenvalue weighted by atomic mass is 19.4. The van der Waals surface area contributed by atoms with Gasteiger partial charge in [0.1, 0.15) is 11.5 Å². The van der Waals surface area contributed by atoms with Gasteiger partial charge in [-0.1, -0.05) is 13.0 Å². The van der Waals surface area contributed by atoms with E-state index in [-0.39, 0.29) is 0 Å². The summed E-state index contributed by atoms with van der Waals surface area (Å²) in [5.74, 6) is 0.782. The summed E-state index contributed by atoms with van der Waals surface area (Å²) in [6.07, 6.45) is -4.49. The van der Waals surface area contributed by atoms with Crippen LogP contribution >= 0.6 is 0 Å². The molecule has 0 radical (unpaired) electrons. The van der Waals surface area contributed by atoms with Crippen molar-refractivity contribution in [2.75, 3.05) is 20.8 Å². The van der Waals surface area contributed by atoms with E-state index in [1.165, 1.54) is 14.2 Å². The molecule has 1 rings (SSSR count). The predicted octanol–water partition coefficient (Wildman–Crippen LogP) is 3.70. The summed E-state index contributed by atoms with van der Waals surface area (Å²) in [4.78, 5) is 0. The number of methoxy groups -OCH3 is 2. The fraction of sp³-hybridized carbons (Fsp3) is 0.571. The van der Waals surface area contributed by atoms with E-state index in [0.29, 0.717) is 23.6 Å². The van der Waals surface area contributed by atoms with Crippen LogP contribution in [0.3, 0.4) is 0 Å². The molecule has 0 aliphatic rings. The second-order valence-electron chi connectivity index (χ2n) is 4.40. The van der Waals surface area contributed by atoms with Gasteiger partial charge >= 0.3 is 6.18 Å². The van der Waals surface area contributed by atoms with Crippen molar-refractivity contribution in [3.8, 4) is 11.5 Å². The van der Waals surface area contributed by atoms with Gasteiger partial charge in [0.05, 0.1) is 26.2 Å². The normalized spacial score (nSPS) is 13.1. The Morgan fingerprint density at radius 3 is 2.10 bits per heavy atom. The first-order chi connectivity index (χ1) is 9.42. The molecule has 0 saturated heterocycles. The smallest absolute Gasteiger partial charge is 0.390 e. The molecule has 6 heteroatoms. The lowest BCUT2D eigenvalue weighted by atomic mass is 10.0. The molecule has 1 aromatic rings. The lowest BCUT2D eigenvalue weighted by Crippen LogP contribution is -2.28. The van der Waals surface area contributed by atoms with Crippen molar-refractivity contribution in [3.63, 3.8) is 0 Å². The Morgan fingerprint density at radius 2 is 1.70 bits per heavy atom. The van der Waals surface area contributed by atoms with Crippen LogP contribution in [0, 0.1) is 0 Å². The van der Waals surface area contributed by atoms with Gasteiger partial charge in [-0.15, -0.1) is 0 Å². The summed E-state index contributed by atoms with van der Waals surface area (Å²) in [5, 5.41) is 2.91. The van der Waals surface area contributed by atoms with Crippen LogP contribution in [-0.4, -0.2) is 26.9 Å². The van der Waals surface area contributed by atoms with Crippen LogP contribution in [0.15, 0.2) is 18.2 Å². The molecule has 20 heavy (non-hydrogen) atoms. The summed E-state index contributed by atoms with van der Waals surface area (Å²) in [6, 6.07) is 4.07. The Kier molecular flexibility index (Phi) is 6.13. The minimum Gasteiger partial charge on any atom is -0.496 e. The van der Waals surface area contributed by atoms with Crippen LogP contribution in [0.5, 0.6) is 11.5 Å². The maximum absolute atomic E-state index is 12.8. The fourth-order valence-corrected chi connectivity index (χ4v) is 2.05. The summed E-state index contributed by atoms with van der Waals surface area (Å²) >= 11 is 0. The molecular weight excluding hydrogens is 271 g/mol. The molecule has 0 saturated carbocycles. The van der Waals surface area contributed by atoms with Crippen LogP contribution in [0.2, 0.25) is 0 Å². The molecule has 1 atom stereocenters. The Labute approximate surface area is 117 Å². The number of ether oxygens (including phenoxy) is 2. The first-order valence-electron chi connectivity index (χ1n) is 6.44.